The Morgan fingerprint density at radius 2 is 1.78 bits per heavy atom. The predicted octanol–water partition coefficient (Wildman–Crippen LogP) is 4.13. The van der Waals surface area contributed by atoms with Crippen LogP contribution in [-0.4, -0.2) is 52.9 Å². The molecule has 0 saturated carbocycles. The van der Waals surface area contributed by atoms with Gasteiger partial charge < -0.3 is 9.80 Å². The number of unbranched alkanes of at least 4 members (excludes halogenated alkanes) is 1. The van der Waals surface area contributed by atoms with Crippen LogP contribution in [0, 0.1) is 24.1 Å². The fourth-order valence-electron chi connectivity index (χ4n) is 4.51. The number of nitriles is 1. The topological polar surface area (TPSA) is 72.6 Å². The second kappa shape index (κ2) is 10.8. The molecule has 0 atom stereocenters. The van der Waals surface area contributed by atoms with Crippen molar-refractivity contribution in [1.82, 2.24) is 9.47 Å². The van der Waals surface area contributed by atoms with E-state index in [9.17, 15) is 19.2 Å². The van der Waals surface area contributed by atoms with E-state index in [1.54, 1.807) is 36.7 Å². The lowest BCUT2D eigenvalue weighted by molar-refractivity contribution is -0.121. The largest absolute Gasteiger partial charge is 0.368 e. The number of likely N-dealkylation sites (N-methyl/N-ethyl adjacent to an activating group) is 1. The van der Waals surface area contributed by atoms with Crippen molar-refractivity contribution in [3.63, 3.8) is 0 Å². The lowest BCUT2D eigenvalue weighted by atomic mass is 10.0. The molecule has 1 aromatic heterocycles. The minimum absolute atomic E-state index is 0.0954. The lowest BCUT2D eigenvalue weighted by Crippen LogP contribution is -2.48. The Bertz CT molecular complexity index is 1320. The summed E-state index contributed by atoms with van der Waals surface area (Å²) in [5.41, 5.74) is 2.00. The van der Waals surface area contributed by atoms with E-state index in [1.807, 2.05) is 0 Å². The molecule has 1 aromatic carbocycles. The summed E-state index contributed by atoms with van der Waals surface area (Å²) < 4.78 is 15.6. The molecule has 0 aliphatic carbocycles. The van der Waals surface area contributed by atoms with E-state index in [0.29, 0.717) is 53.1 Å². The normalized spacial score (nSPS) is 17.3. The van der Waals surface area contributed by atoms with E-state index >= 15 is 0 Å². The molecule has 4 rings (SSSR count). The molecule has 36 heavy (non-hydrogen) atoms. The molecule has 7 nitrogen and oxygen atoms in total. The summed E-state index contributed by atoms with van der Waals surface area (Å²) in [6.45, 7) is 6.92. The molecule has 2 aromatic rings. The van der Waals surface area contributed by atoms with Gasteiger partial charge in [0.25, 0.3) is 11.5 Å². The van der Waals surface area contributed by atoms with E-state index < -0.39 is 0 Å². The highest BCUT2D eigenvalue weighted by Gasteiger charge is 2.31. The van der Waals surface area contributed by atoms with Gasteiger partial charge in [-0.3, -0.25) is 19.1 Å². The molecule has 1 amide bonds. The average Bonchev–Trinajstić information content (AvgIpc) is 3.12. The maximum atomic E-state index is 13.4. The zero-order valence-corrected chi connectivity index (χ0v) is 22.2. The van der Waals surface area contributed by atoms with Crippen molar-refractivity contribution >= 4 is 51.8 Å². The number of hydrogen-bond donors (Lipinski definition) is 0. The smallest absolute Gasteiger partial charge is 0.270 e. The molecule has 10 heteroatoms. The van der Waals surface area contributed by atoms with Gasteiger partial charge in [0.1, 0.15) is 27.6 Å². The van der Waals surface area contributed by atoms with Crippen molar-refractivity contribution in [2.24, 2.45) is 0 Å². The van der Waals surface area contributed by atoms with Crippen LogP contribution in [0.15, 0.2) is 34.0 Å². The highest BCUT2D eigenvalue weighted by atomic mass is 32.2. The first-order valence-electron chi connectivity index (χ1n) is 11.9. The number of thiocarbonyl (C=S) groups is 1. The van der Waals surface area contributed by atoms with Crippen molar-refractivity contribution in [1.29, 1.82) is 5.26 Å². The molecular weight excluding hydrogens is 497 g/mol. The Kier molecular flexibility index (Phi) is 7.81. The van der Waals surface area contributed by atoms with Gasteiger partial charge in [-0.1, -0.05) is 37.3 Å². The van der Waals surface area contributed by atoms with Crippen LogP contribution in [0.1, 0.15) is 36.5 Å². The van der Waals surface area contributed by atoms with Crippen molar-refractivity contribution in [2.75, 3.05) is 43.0 Å². The molecule has 188 valence electrons. The quantitative estimate of drug-likeness (QED) is 0.415. The number of amides is 1. The number of carbonyl (C=O) groups excluding carboxylic acids is 1. The van der Waals surface area contributed by atoms with Gasteiger partial charge in [-0.15, -0.1) is 0 Å². The summed E-state index contributed by atoms with van der Waals surface area (Å²) in [4.78, 5) is 32.4. The summed E-state index contributed by atoms with van der Waals surface area (Å²) in [7, 11) is 1.64. The second-order valence-corrected chi connectivity index (χ2v) is 10.5. The van der Waals surface area contributed by atoms with Crippen LogP contribution >= 0.6 is 24.0 Å². The van der Waals surface area contributed by atoms with E-state index in [4.69, 9.17) is 12.2 Å². The van der Waals surface area contributed by atoms with Crippen molar-refractivity contribution in [3.05, 3.63) is 62.0 Å². The third kappa shape index (κ3) is 4.90. The number of thioether (sulfide) groups is 1. The molecule has 3 heterocycles. The standard InChI is InChI=1S/C26H28FN5O2S2/c1-4-5-10-32-23(31-13-11-30(12-14-31)19-8-6-18(27)7-9-19)20(17(2)21(16-28)24(32)33)15-22-25(34)29(3)26(35)36-22/h6-9,15H,4-5,10-14H2,1-3H3. The predicted molar refractivity (Wildman–Crippen MR) is 147 cm³/mol. The van der Waals surface area contributed by atoms with Gasteiger partial charge in [0.2, 0.25) is 0 Å². The van der Waals surface area contributed by atoms with Gasteiger partial charge in [-0.2, -0.15) is 5.26 Å². The highest BCUT2D eigenvalue weighted by Crippen LogP contribution is 2.35. The number of benzene rings is 1. The molecule has 2 aliphatic heterocycles. The Labute approximate surface area is 219 Å². The molecule has 0 spiro atoms. The number of carbonyl (C=O) groups is 1. The van der Waals surface area contributed by atoms with Gasteiger partial charge in [-0.05, 0) is 49.2 Å². The SMILES string of the molecule is CCCCn1c(N2CCN(c3ccc(F)cc3)CC2)c(C=C2SC(=S)N(C)C2=O)c(C)c(C#N)c1=O. The van der Waals surface area contributed by atoms with Crippen LogP contribution < -0.4 is 15.4 Å². The number of rotatable bonds is 6. The first-order chi connectivity index (χ1) is 17.3. The van der Waals surface area contributed by atoms with Gasteiger partial charge >= 0.3 is 0 Å². The average molecular weight is 526 g/mol. The van der Waals surface area contributed by atoms with Crippen LogP contribution in [0.3, 0.4) is 0 Å². The van der Waals surface area contributed by atoms with Gasteiger partial charge in [-0.25, -0.2) is 4.39 Å². The zero-order chi connectivity index (χ0) is 26.0. The van der Waals surface area contributed by atoms with Gasteiger partial charge in [0.05, 0.1) is 4.91 Å². The molecule has 0 unspecified atom stereocenters. The fraction of sp³-hybridized carbons (Fsp3) is 0.385. The lowest BCUT2D eigenvalue weighted by Gasteiger charge is -2.39. The van der Waals surface area contributed by atoms with Crippen molar-refractivity contribution in [2.45, 2.75) is 33.2 Å². The molecule has 0 bridgehead atoms. The number of hydrogen-bond acceptors (Lipinski definition) is 7. The Morgan fingerprint density at radius 1 is 1.14 bits per heavy atom. The van der Waals surface area contributed by atoms with Crippen LogP contribution in [0.4, 0.5) is 15.9 Å². The number of aromatic nitrogens is 1. The van der Waals surface area contributed by atoms with Gasteiger partial charge in [0, 0.05) is 51.0 Å². The summed E-state index contributed by atoms with van der Waals surface area (Å²) in [6, 6.07) is 8.54. The number of nitrogens with zero attached hydrogens (tertiary/aromatic N) is 5. The maximum Gasteiger partial charge on any atom is 0.270 e. The first-order valence-corrected chi connectivity index (χ1v) is 13.1. The molecule has 0 N–H and O–H groups in total. The van der Waals surface area contributed by atoms with Crippen molar-refractivity contribution in [3.8, 4) is 6.07 Å². The zero-order valence-electron chi connectivity index (χ0n) is 20.6. The number of anilines is 2. The van der Waals surface area contributed by atoms with Crippen LogP contribution in [0.25, 0.3) is 6.08 Å². The summed E-state index contributed by atoms with van der Waals surface area (Å²) in [6.07, 6.45) is 3.46. The molecule has 2 saturated heterocycles. The van der Waals surface area contributed by atoms with Crippen LogP contribution in [-0.2, 0) is 11.3 Å². The number of piperazine rings is 1. The van der Waals surface area contributed by atoms with Crippen LogP contribution in [0.2, 0.25) is 0 Å². The molecule has 0 radical (unpaired) electrons. The minimum atomic E-state index is -0.306. The summed E-state index contributed by atoms with van der Waals surface area (Å²) in [5, 5.41) is 9.82. The monoisotopic (exact) mass is 525 g/mol. The van der Waals surface area contributed by atoms with Crippen LogP contribution in [0.5, 0.6) is 0 Å². The van der Waals surface area contributed by atoms with E-state index in [0.717, 1.165) is 24.3 Å². The molecular formula is C26H28FN5O2S2. The highest BCUT2D eigenvalue weighted by molar-refractivity contribution is 8.26. The second-order valence-electron chi connectivity index (χ2n) is 8.85. The maximum absolute atomic E-state index is 13.4. The van der Waals surface area contributed by atoms with E-state index in [1.165, 1.54) is 28.8 Å². The Morgan fingerprint density at radius 3 is 2.33 bits per heavy atom. The minimum Gasteiger partial charge on any atom is -0.368 e. The fourth-order valence-corrected chi connectivity index (χ4v) is 5.67. The van der Waals surface area contributed by atoms with Crippen molar-refractivity contribution < 1.29 is 9.18 Å². The molecule has 2 fully saturated rings. The first kappa shape index (κ1) is 25.9. The van der Waals surface area contributed by atoms with E-state index in [-0.39, 0.29) is 22.8 Å². The number of pyridine rings is 1. The summed E-state index contributed by atoms with van der Waals surface area (Å²) >= 11 is 6.53. The Balaban J connectivity index is 1.79. The third-order valence-corrected chi connectivity index (χ3v) is 8.10. The van der Waals surface area contributed by atoms with Gasteiger partial charge in [0.15, 0.2) is 0 Å². The number of halogens is 1. The third-order valence-electron chi connectivity index (χ3n) is 6.61. The summed E-state index contributed by atoms with van der Waals surface area (Å²) in [5.74, 6) is 0.263. The van der Waals surface area contributed by atoms with E-state index in [2.05, 4.69) is 22.8 Å². The Hall–Kier alpha value is -3.16. The molecule has 2 aliphatic rings.